The zero-order valence-corrected chi connectivity index (χ0v) is 12.6. The number of nitrogens with zero attached hydrogens (tertiary/aromatic N) is 2. The second kappa shape index (κ2) is 6.41. The van der Waals surface area contributed by atoms with Crippen LogP contribution in [0.15, 0.2) is 23.7 Å². The number of carboxylic acids is 1. The highest BCUT2D eigenvalue weighted by molar-refractivity contribution is 7.13. The molecule has 6 nitrogen and oxygen atoms in total. The molecule has 2 rings (SSSR count). The van der Waals surface area contributed by atoms with Gasteiger partial charge < -0.3 is 10.4 Å². The van der Waals surface area contributed by atoms with Gasteiger partial charge >= 0.3 is 12.1 Å². The van der Waals surface area contributed by atoms with Gasteiger partial charge in [-0.3, -0.25) is 9.48 Å². The Morgan fingerprint density at radius 2 is 2.17 bits per heavy atom. The van der Waals surface area contributed by atoms with Crippen molar-refractivity contribution in [1.29, 1.82) is 0 Å². The van der Waals surface area contributed by atoms with Crippen LogP contribution in [0.3, 0.4) is 0 Å². The Morgan fingerprint density at radius 1 is 1.48 bits per heavy atom. The maximum absolute atomic E-state index is 12.4. The summed E-state index contributed by atoms with van der Waals surface area (Å²) >= 11 is 1.30. The van der Waals surface area contributed by atoms with Crippen molar-refractivity contribution in [2.45, 2.75) is 18.6 Å². The Kier molecular flexibility index (Phi) is 4.73. The van der Waals surface area contributed by atoms with Crippen molar-refractivity contribution < 1.29 is 27.9 Å². The number of halogens is 3. The lowest BCUT2D eigenvalue weighted by Crippen LogP contribution is -2.43. The van der Waals surface area contributed by atoms with Crippen molar-refractivity contribution in [3.63, 3.8) is 0 Å². The number of alkyl halides is 3. The second-order valence-corrected chi connectivity index (χ2v) is 5.67. The van der Waals surface area contributed by atoms with Crippen LogP contribution in [0.1, 0.15) is 16.8 Å². The molecule has 0 fully saturated rings. The van der Waals surface area contributed by atoms with Crippen molar-refractivity contribution in [3.8, 4) is 10.6 Å². The fourth-order valence-corrected chi connectivity index (χ4v) is 2.64. The number of carboxylic acid groups (broad SMARTS) is 1. The Labute approximate surface area is 132 Å². The molecule has 0 spiro atoms. The van der Waals surface area contributed by atoms with Crippen LogP contribution in [0.5, 0.6) is 0 Å². The largest absolute Gasteiger partial charge is 0.480 e. The van der Waals surface area contributed by atoms with E-state index in [4.69, 9.17) is 5.11 Å². The summed E-state index contributed by atoms with van der Waals surface area (Å²) in [5.74, 6) is -2.67. The molecule has 2 aromatic rings. The summed E-state index contributed by atoms with van der Waals surface area (Å²) < 4.78 is 38.5. The highest BCUT2D eigenvalue weighted by Crippen LogP contribution is 2.27. The van der Waals surface area contributed by atoms with Gasteiger partial charge in [0.2, 0.25) is 0 Å². The van der Waals surface area contributed by atoms with Gasteiger partial charge in [-0.15, -0.1) is 11.3 Å². The summed E-state index contributed by atoms with van der Waals surface area (Å²) in [6.07, 6.45) is -5.03. The molecule has 0 aliphatic rings. The molecular formula is C13H12F3N3O3S. The minimum Gasteiger partial charge on any atom is -0.480 e. The minimum atomic E-state index is -4.71. The lowest BCUT2D eigenvalue weighted by molar-refractivity contribution is -0.157. The number of thiophene rings is 1. The molecule has 1 atom stereocenters. The van der Waals surface area contributed by atoms with Crippen LogP contribution in [0.4, 0.5) is 13.2 Å². The molecular weight excluding hydrogens is 335 g/mol. The number of carbonyl (C=O) groups excluding carboxylic acids is 1. The topological polar surface area (TPSA) is 84.2 Å². The van der Waals surface area contributed by atoms with Crippen LogP contribution in [0, 0.1) is 0 Å². The van der Waals surface area contributed by atoms with Crippen molar-refractivity contribution in [3.05, 3.63) is 29.3 Å². The van der Waals surface area contributed by atoms with E-state index in [2.05, 4.69) is 5.10 Å². The van der Waals surface area contributed by atoms with Gasteiger partial charge in [-0.05, 0) is 11.4 Å². The number of hydrogen-bond acceptors (Lipinski definition) is 4. The fourth-order valence-electron chi connectivity index (χ4n) is 1.92. The monoisotopic (exact) mass is 347 g/mol. The normalized spacial score (nSPS) is 12.9. The average Bonchev–Trinajstić information content (AvgIpc) is 3.04. The predicted octanol–water partition coefficient (Wildman–Crippen LogP) is 2.28. The van der Waals surface area contributed by atoms with Crippen LogP contribution in [0.25, 0.3) is 10.6 Å². The Balaban J connectivity index is 2.25. The van der Waals surface area contributed by atoms with Crippen LogP contribution < -0.4 is 5.32 Å². The van der Waals surface area contributed by atoms with E-state index in [0.29, 0.717) is 4.88 Å². The maximum Gasteiger partial charge on any atom is 0.391 e. The molecule has 0 bridgehead atoms. The van der Waals surface area contributed by atoms with Crippen molar-refractivity contribution in [2.24, 2.45) is 7.05 Å². The van der Waals surface area contributed by atoms with Gasteiger partial charge in [0.25, 0.3) is 5.91 Å². The van der Waals surface area contributed by atoms with Crippen molar-refractivity contribution >= 4 is 23.2 Å². The lowest BCUT2D eigenvalue weighted by Gasteiger charge is -2.16. The number of aromatic nitrogens is 2. The molecule has 2 heterocycles. The van der Waals surface area contributed by atoms with E-state index in [-0.39, 0.29) is 11.3 Å². The second-order valence-electron chi connectivity index (χ2n) is 4.73. The molecule has 0 saturated carbocycles. The highest BCUT2D eigenvalue weighted by atomic mass is 32.1. The number of hydrogen-bond donors (Lipinski definition) is 2. The standard InChI is InChI=1S/C13H12F3N3O3S/c1-19-6-7(10(18-19)9-3-2-4-23-9)11(20)17-8(12(21)22)5-13(14,15)16/h2-4,6,8H,5H2,1H3,(H,17,20)(H,21,22). The van der Waals surface area contributed by atoms with Gasteiger partial charge in [0.15, 0.2) is 0 Å². The van der Waals surface area contributed by atoms with Gasteiger partial charge in [0, 0.05) is 13.2 Å². The Bertz CT molecular complexity index is 710. The highest BCUT2D eigenvalue weighted by Gasteiger charge is 2.36. The van der Waals surface area contributed by atoms with E-state index in [1.807, 2.05) is 5.32 Å². The molecule has 0 radical (unpaired) electrons. The molecule has 23 heavy (non-hydrogen) atoms. The third-order valence-electron chi connectivity index (χ3n) is 2.87. The first-order chi connectivity index (χ1) is 10.7. The van der Waals surface area contributed by atoms with E-state index >= 15 is 0 Å². The minimum absolute atomic E-state index is 0.0170. The zero-order chi connectivity index (χ0) is 17.2. The summed E-state index contributed by atoms with van der Waals surface area (Å²) in [4.78, 5) is 23.8. The first-order valence-electron chi connectivity index (χ1n) is 6.35. The van der Waals surface area contributed by atoms with Crippen molar-refractivity contribution in [1.82, 2.24) is 15.1 Å². The lowest BCUT2D eigenvalue weighted by atomic mass is 10.1. The van der Waals surface area contributed by atoms with Gasteiger partial charge in [0.1, 0.15) is 11.7 Å². The van der Waals surface area contributed by atoms with E-state index < -0.39 is 30.5 Å². The molecule has 0 saturated heterocycles. The summed E-state index contributed by atoms with van der Waals surface area (Å²) in [5, 5.41) is 16.6. The Morgan fingerprint density at radius 3 is 2.70 bits per heavy atom. The molecule has 124 valence electrons. The molecule has 2 N–H and O–H groups in total. The van der Waals surface area contributed by atoms with Gasteiger partial charge in [-0.1, -0.05) is 6.07 Å². The van der Waals surface area contributed by atoms with Crippen LogP contribution >= 0.6 is 11.3 Å². The van der Waals surface area contributed by atoms with E-state index in [1.165, 1.54) is 22.2 Å². The number of rotatable bonds is 5. The van der Waals surface area contributed by atoms with Crippen molar-refractivity contribution in [2.75, 3.05) is 0 Å². The van der Waals surface area contributed by atoms with E-state index in [0.717, 1.165) is 0 Å². The average molecular weight is 347 g/mol. The quantitative estimate of drug-likeness (QED) is 0.869. The number of carbonyl (C=O) groups is 2. The first-order valence-corrected chi connectivity index (χ1v) is 7.23. The third kappa shape index (κ3) is 4.31. The first kappa shape index (κ1) is 17.0. The molecule has 0 aliphatic heterocycles. The fraction of sp³-hybridized carbons (Fsp3) is 0.308. The summed E-state index contributed by atoms with van der Waals surface area (Å²) in [7, 11) is 1.55. The van der Waals surface area contributed by atoms with Gasteiger partial charge in [-0.2, -0.15) is 18.3 Å². The molecule has 1 unspecified atom stereocenters. The molecule has 10 heteroatoms. The molecule has 2 aromatic heterocycles. The summed E-state index contributed by atoms with van der Waals surface area (Å²) in [6.45, 7) is 0. The number of aliphatic carboxylic acids is 1. The maximum atomic E-state index is 12.4. The van der Waals surface area contributed by atoms with E-state index in [1.54, 1.807) is 24.6 Å². The van der Waals surface area contributed by atoms with Gasteiger partial charge in [-0.25, -0.2) is 4.79 Å². The summed E-state index contributed by atoms with van der Waals surface area (Å²) in [5.41, 5.74) is 0.305. The predicted molar refractivity (Wildman–Crippen MR) is 76.1 cm³/mol. The van der Waals surface area contributed by atoms with Crippen LogP contribution in [-0.4, -0.2) is 39.0 Å². The summed E-state index contributed by atoms with van der Waals surface area (Å²) in [6, 6.07) is 1.38. The van der Waals surface area contributed by atoms with Crippen LogP contribution in [0.2, 0.25) is 0 Å². The van der Waals surface area contributed by atoms with Gasteiger partial charge in [0.05, 0.1) is 16.9 Å². The number of amides is 1. The van der Waals surface area contributed by atoms with E-state index in [9.17, 15) is 22.8 Å². The van der Waals surface area contributed by atoms with Crippen LogP contribution in [-0.2, 0) is 11.8 Å². The Hall–Kier alpha value is -2.36. The SMILES string of the molecule is Cn1cc(C(=O)NC(CC(F)(F)F)C(=O)O)c(-c2cccs2)n1. The number of nitrogens with one attached hydrogen (secondary N) is 1. The molecule has 0 aromatic carbocycles. The smallest absolute Gasteiger partial charge is 0.391 e. The number of aryl methyl sites for hydroxylation is 1. The third-order valence-corrected chi connectivity index (χ3v) is 3.74. The molecule has 1 amide bonds. The molecule has 0 aliphatic carbocycles. The zero-order valence-electron chi connectivity index (χ0n) is 11.8.